The number of amides is 1. The minimum atomic E-state index is 0.281. The van der Waals surface area contributed by atoms with E-state index >= 15 is 0 Å². The van der Waals surface area contributed by atoms with Crippen molar-refractivity contribution >= 4 is 23.5 Å². The quantitative estimate of drug-likeness (QED) is 0.467. The van der Waals surface area contributed by atoms with Gasteiger partial charge in [0, 0.05) is 51.2 Å². The van der Waals surface area contributed by atoms with Gasteiger partial charge in [-0.05, 0) is 37.5 Å². The molecule has 6 heteroatoms. The Hall–Kier alpha value is -1.75. The Labute approximate surface area is 149 Å². The Balaban J connectivity index is 1.85. The first-order valence-corrected chi connectivity index (χ1v) is 8.99. The number of nitrogens with zero attached hydrogens (tertiary/aromatic N) is 3. The first-order valence-electron chi connectivity index (χ1n) is 8.62. The fraction of sp³-hybridized carbons (Fsp3) is 0.556. The molecule has 1 fully saturated rings. The molecule has 0 saturated carbocycles. The Morgan fingerprint density at radius 3 is 2.96 bits per heavy atom. The van der Waals surface area contributed by atoms with Crippen LogP contribution in [0, 0.1) is 0 Å². The lowest BCUT2D eigenvalue weighted by atomic mass is 10.2. The summed E-state index contributed by atoms with van der Waals surface area (Å²) in [5, 5.41) is 4.07. The van der Waals surface area contributed by atoms with Gasteiger partial charge in [0.15, 0.2) is 5.96 Å². The van der Waals surface area contributed by atoms with Gasteiger partial charge in [-0.2, -0.15) is 0 Å². The highest BCUT2D eigenvalue weighted by Gasteiger charge is 2.18. The number of benzene rings is 1. The second-order valence-electron chi connectivity index (χ2n) is 6.06. The van der Waals surface area contributed by atoms with E-state index in [-0.39, 0.29) is 5.91 Å². The Kier molecular flexibility index (Phi) is 7.37. The lowest BCUT2D eigenvalue weighted by Crippen LogP contribution is -2.38. The molecule has 1 heterocycles. The number of nitrogens with one attached hydrogen (secondary N) is 1. The van der Waals surface area contributed by atoms with Crippen molar-refractivity contribution in [3.8, 4) is 0 Å². The smallest absolute Gasteiger partial charge is 0.222 e. The number of rotatable bonds is 7. The van der Waals surface area contributed by atoms with Crippen LogP contribution in [0.2, 0.25) is 5.02 Å². The molecule has 1 amide bonds. The zero-order chi connectivity index (χ0) is 17.4. The van der Waals surface area contributed by atoms with Crippen LogP contribution in [0.15, 0.2) is 29.3 Å². The van der Waals surface area contributed by atoms with Crippen molar-refractivity contribution in [2.75, 3.05) is 33.2 Å². The van der Waals surface area contributed by atoms with E-state index in [0.717, 1.165) is 55.6 Å². The Morgan fingerprint density at radius 1 is 1.46 bits per heavy atom. The van der Waals surface area contributed by atoms with Gasteiger partial charge in [-0.3, -0.25) is 9.79 Å². The number of aliphatic imine (C=N–C) groups is 1. The van der Waals surface area contributed by atoms with E-state index in [9.17, 15) is 4.79 Å². The fourth-order valence-corrected chi connectivity index (χ4v) is 3.05. The van der Waals surface area contributed by atoms with Gasteiger partial charge in [0.2, 0.25) is 5.91 Å². The molecule has 5 nitrogen and oxygen atoms in total. The van der Waals surface area contributed by atoms with Gasteiger partial charge < -0.3 is 15.1 Å². The normalized spacial score (nSPS) is 15.0. The van der Waals surface area contributed by atoms with Crippen molar-refractivity contribution in [1.29, 1.82) is 0 Å². The first-order chi connectivity index (χ1) is 11.6. The maximum Gasteiger partial charge on any atom is 0.222 e. The van der Waals surface area contributed by atoms with Crippen molar-refractivity contribution in [3.05, 3.63) is 34.9 Å². The topological polar surface area (TPSA) is 47.9 Å². The molecule has 1 aromatic rings. The number of hydrogen-bond acceptors (Lipinski definition) is 2. The molecule has 0 unspecified atom stereocenters. The van der Waals surface area contributed by atoms with Gasteiger partial charge in [0.05, 0.1) is 0 Å². The monoisotopic (exact) mass is 350 g/mol. The van der Waals surface area contributed by atoms with Crippen LogP contribution in [-0.2, 0) is 11.3 Å². The second-order valence-corrected chi connectivity index (χ2v) is 6.50. The van der Waals surface area contributed by atoms with Crippen LogP contribution >= 0.6 is 11.6 Å². The predicted molar refractivity (Wildman–Crippen MR) is 99.3 cm³/mol. The van der Waals surface area contributed by atoms with E-state index < -0.39 is 0 Å². The fourth-order valence-electron chi connectivity index (χ4n) is 2.84. The molecule has 1 aliphatic rings. The highest BCUT2D eigenvalue weighted by atomic mass is 35.5. The summed E-state index contributed by atoms with van der Waals surface area (Å²) in [5.74, 6) is 1.16. The molecule has 0 aromatic heterocycles. The summed E-state index contributed by atoms with van der Waals surface area (Å²) in [4.78, 5) is 20.3. The molecule has 0 aliphatic carbocycles. The number of carbonyl (C=O) groups excluding carboxylic acids is 1. The van der Waals surface area contributed by atoms with Gasteiger partial charge in [-0.1, -0.05) is 23.7 Å². The van der Waals surface area contributed by atoms with Crippen molar-refractivity contribution in [1.82, 2.24) is 15.1 Å². The van der Waals surface area contributed by atoms with E-state index in [4.69, 9.17) is 11.6 Å². The van der Waals surface area contributed by atoms with Crippen LogP contribution in [0.4, 0.5) is 0 Å². The Bertz CT molecular complexity index is 576. The van der Waals surface area contributed by atoms with Crippen LogP contribution in [0.25, 0.3) is 0 Å². The summed E-state index contributed by atoms with van der Waals surface area (Å²) >= 11 is 6.05. The number of halogens is 1. The molecule has 132 valence electrons. The summed E-state index contributed by atoms with van der Waals surface area (Å²) in [7, 11) is 2.02. The molecule has 2 rings (SSSR count). The number of guanidine groups is 1. The van der Waals surface area contributed by atoms with Crippen LogP contribution in [-0.4, -0.2) is 54.9 Å². The average Bonchev–Trinajstić information content (AvgIpc) is 2.95. The molecule has 1 aromatic carbocycles. The van der Waals surface area contributed by atoms with Crippen LogP contribution in [0.5, 0.6) is 0 Å². The van der Waals surface area contributed by atoms with Crippen LogP contribution < -0.4 is 5.32 Å². The molecule has 1 aliphatic heterocycles. The zero-order valence-electron chi connectivity index (χ0n) is 14.6. The van der Waals surface area contributed by atoms with E-state index in [1.54, 1.807) is 0 Å². The summed E-state index contributed by atoms with van der Waals surface area (Å²) in [6, 6.07) is 7.87. The zero-order valence-corrected chi connectivity index (χ0v) is 15.4. The molecule has 1 saturated heterocycles. The van der Waals surface area contributed by atoms with Gasteiger partial charge in [0.1, 0.15) is 0 Å². The highest BCUT2D eigenvalue weighted by molar-refractivity contribution is 6.30. The molecule has 24 heavy (non-hydrogen) atoms. The average molecular weight is 351 g/mol. The number of likely N-dealkylation sites (tertiary alicyclic amines) is 1. The third-order valence-corrected chi connectivity index (χ3v) is 4.26. The molecular weight excluding hydrogens is 324 g/mol. The summed E-state index contributed by atoms with van der Waals surface area (Å²) in [6.45, 7) is 6.05. The molecule has 0 spiro atoms. The third kappa shape index (κ3) is 5.71. The van der Waals surface area contributed by atoms with Gasteiger partial charge in [0.25, 0.3) is 0 Å². The van der Waals surface area contributed by atoms with E-state index in [1.165, 1.54) is 0 Å². The maximum atomic E-state index is 11.6. The van der Waals surface area contributed by atoms with Crippen molar-refractivity contribution in [2.45, 2.75) is 32.7 Å². The number of hydrogen-bond donors (Lipinski definition) is 1. The van der Waals surface area contributed by atoms with Gasteiger partial charge in [-0.25, -0.2) is 0 Å². The van der Waals surface area contributed by atoms with Crippen molar-refractivity contribution in [3.63, 3.8) is 0 Å². The van der Waals surface area contributed by atoms with E-state index in [1.807, 2.05) is 30.1 Å². The lowest BCUT2D eigenvalue weighted by molar-refractivity contribution is -0.127. The lowest BCUT2D eigenvalue weighted by Gasteiger charge is -2.22. The first kappa shape index (κ1) is 18.6. The second kappa shape index (κ2) is 9.52. The maximum absolute atomic E-state index is 11.6. The molecule has 0 radical (unpaired) electrons. The van der Waals surface area contributed by atoms with Crippen LogP contribution in [0.3, 0.4) is 0 Å². The number of carbonyl (C=O) groups is 1. The van der Waals surface area contributed by atoms with Crippen molar-refractivity contribution in [2.24, 2.45) is 4.99 Å². The van der Waals surface area contributed by atoms with E-state index in [2.05, 4.69) is 28.2 Å². The minimum Gasteiger partial charge on any atom is -0.357 e. The highest BCUT2D eigenvalue weighted by Crippen LogP contribution is 2.12. The molecular formula is C18H27ClN4O. The summed E-state index contributed by atoms with van der Waals surface area (Å²) in [6.07, 6.45) is 2.59. The molecule has 0 atom stereocenters. The van der Waals surface area contributed by atoms with Gasteiger partial charge in [-0.15, -0.1) is 0 Å². The summed E-state index contributed by atoms with van der Waals surface area (Å²) in [5.41, 5.74) is 1.15. The Morgan fingerprint density at radius 2 is 2.29 bits per heavy atom. The molecule has 0 bridgehead atoms. The molecule has 1 N–H and O–H groups in total. The standard InChI is InChI=1S/C18H27ClN4O/c1-3-20-18(21-10-6-12-23-11-5-9-17(23)24)22(2)14-15-7-4-8-16(19)13-15/h4,7-8,13H,3,5-6,9-12,14H2,1-2H3,(H,20,21). The SMILES string of the molecule is CCNC(=NCCCN1CCCC1=O)N(C)Cc1cccc(Cl)c1. The van der Waals surface area contributed by atoms with Crippen LogP contribution in [0.1, 0.15) is 31.7 Å². The van der Waals surface area contributed by atoms with Crippen molar-refractivity contribution < 1.29 is 4.79 Å². The minimum absolute atomic E-state index is 0.281. The largest absolute Gasteiger partial charge is 0.357 e. The third-order valence-electron chi connectivity index (χ3n) is 4.02. The van der Waals surface area contributed by atoms with E-state index in [0.29, 0.717) is 13.0 Å². The summed E-state index contributed by atoms with van der Waals surface area (Å²) < 4.78 is 0. The van der Waals surface area contributed by atoms with Gasteiger partial charge >= 0.3 is 0 Å². The predicted octanol–water partition coefficient (Wildman–Crippen LogP) is 2.75.